The zero-order valence-corrected chi connectivity index (χ0v) is 4.08. The molecule has 1 heterocycles. The van der Waals surface area contributed by atoms with Gasteiger partial charge in [-0.3, -0.25) is 0 Å². The monoisotopic (exact) mass is 268 g/mol. The predicted molar refractivity (Wildman–Crippen MR) is 27.2 cm³/mol. The molecule has 0 atom stereocenters. The second-order valence-corrected chi connectivity index (χ2v) is 2.65. The first-order valence-corrected chi connectivity index (χ1v) is 3.00. The molecule has 4 nitrogen and oxygen atoms in total. The maximum absolute atomic E-state index is 9.62. The van der Waals surface area contributed by atoms with Crippen LogP contribution in [0.5, 0.6) is 0 Å². The Morgan fingerprint density at radius 1 is 1.29 bits per heavy atom. The molecule has 0 aliphatic carbocycles. The normalized spacial score (nSPS) is 24.6. The van der Waals surface area contributed by atoms with Gasteiger partial charge in [0.1, 0.15) is 0 Å². The summed E-state index contributed by atoms with van der Waals surface area (Å²) in [6.07, 6.45) is 0. The molecule has 0 amide bonds. The van der Waals surface area contributed by atoms with Crippen LogP contribution in [0.4, 0.5) is 0 Å². The summed E-state index contributed by atoms with van der Waals surface area (Å²) in [7, 11) is -3.52. The Labute approximate surface area is 85.8 Å². The summed E-state index contributed by atoms with van der Waals surface area (Å²) >= 11 is 0.456. The average Bonchev–Trinajstić information content (AvgIpc) is 1.32. The Bertz CT molecular complexity index is 124. The fraction of sp³-hybridized carbons (Fsp3) is 0. The minimum absolute atomic E-state index is 0. The van der Waals surface area contributed by atoms with Crippen LogP contribution in [0.1, 0.15) is 0 Å². The molecular formula is H2BaO4S2. The number of hydrogen-bond donors (Lipinski definition) is 0. The van der Waals surface area contributed by atoms with Crippen LogP contribution in [-0.2, 0) is 17.7 Å². The van der Waals surface area contributed by atoms with Gasteiger partial charge in [-0.1, -0.05) is 0 Å². The summed E-state index contributed by atoms with van der Waals surface area (Å²) in [4.78, 5) is 0. The summed E-state index contributed by atoms with van der Waals surface area (Å²) in [5.41, 5.74) is 0. The average molecular weight is 267 g/mol. The summed E-state index contributed by atoms with van der Waals surface area (Å²) in [6.45, 7) is 0. The van der Waals surface area contributed by atoms with Crippen molar-refractivity contribution in [2.75, 3.05) is 0 Å². The van der Waals surface area contributed by atoms with Gasteiger partial charge in [0.15, 0.2) is 12.3 Å². The van der Waals surface area contributed by atoms with E-state index in [1.807, 2.05) is 0 Å². The molecule has 0 unspecified atom stereocenters. The molecule has 0 aromatic carbocycles. The molecule has 1 rings (SSSR count). The molecule has 40 valence electrons. The number of hydrogen-bond acceptors (Lipinski definition) is 5. The van der Waals surface area contributed by atoms with Gasteiger partial charge in [-0.25, -0.2) is 0 Å². The molecule has 7 heavy (non-hydrogen) atoms. The van der Waals surface area contributed by atoms with Crippen molar-refractivity contribution >= 4 is 71.6 Å². The van der Waals surface area contributed by atoms with Gasteiger partial charge < -0.3 is 0 Å². The quantitative estimate of drug-likeness (QED) is 0.413. The van der Waals surface area contributed by atoms with Gasteiger partial charge >= 0.3 is 59.3 Å². The Balaban J connectivity index is 0.000000360. The minimum atomic E-state index is -3.52. The van der Waals surface area contributed by atoms with Gasteiger partial charge in [-0.05, 0) is 0 Å². The first-order chi connectivity index (χ1) is 2.71. The summed E-state index contributed by atoms with van der Waals surface area (Å²) < 4.78 is 26.8. The molecule has 0 spiro atoms. The summed E-state index contributed by atoms with van der Waals surface area (Å²) in [5, 5.41) is 0. The van der Waals surface area contributed by atoms with E-state index >= 15 is 0 Å². The fourth-order valence-electron chi connectivity index (χ4n) is 0.0731. The van der Waals surface area contributed by atoms with Crippen LogP contribution < -0.4 is 0 Å². The van der Waals surface area contributed by atoms with Gasteiger partial charge in [-0.15, -0.1) is 7.26 Å². The van der Waals surface area contributed by atoms with E-state index in [9.17, 15) is 8.42 Å². The van der Waals surface area contributed by atoms with Crippen molar-refractivity contribution in [3.8, 4) is 0 Å². The van der Waals surface area contributed by atoms with E-state index < -0.39 is 10.4 Å². The van der Waals surface area contributed by atoms with E-state index in [0.29, 0.717) is 12.3 Å². The third-order valence-corrected chi connectivity index (χ3v) is 2.00. The van der Waals surface area contributed by atoms with E-state index in [0.717, 1.165) is 0 Å². The van der Waals surface area contributed by atoms with E-state index in [4.69, 9.17) is 0 Å². The van der Waals surface area contributed by atoms with E-state index in [2.05, 4.69) is 7.26 Å². The molecule has 0 bridgehead atoms. The Morgan fingerprint density at radius 3 is 1.57 bits per heavy atom. The van der Waals surface area contributed by atoms with Crippen molar-refractivity contribution in [3.63, 3.8) is 0 Å². The van der Waals surface area contributed by atoms with Crippen molar-refractivity contribution in [2.45, 2.75) is 0 Å². The third kappa shape index (κ3) is 2.73. The molecule has 1 aliphatic heterocycles. The van der Waals surface area contributed by atoms with Crippen LogP contribution in [0.15, 0.2) is 0 Å². The van der Waals surface area contributed by atoms with Gasteiger partial charge in [0.2, 0.25) is 0 Å². The van der Waals surface area contributed by atoms with E-state index in [1.54, 1.807) is 0 Å². The first-order valence-electron chi connectivity index (χ1n) is 1.00. The van der Waals surface area contributed by atoms with Crippen LogP contribution in [-0.4, -0.2) is 57.3 Å². The Kier molecular flexibility index (Phi) is 3.88. The van der Waals surface area contributed by atoms with Crippen molar-refractivity contribution in [1.82, 2.24) is 0 Å². The van der Waals surface area contributed by atoms with E-state index in [-0.39, 0.29) is 48.9 Å². The van der Waals surface area contributed by atoms with Crippen molar-refractivity contribution < 1.29 is 15.7 Å². The van der Waals surface area contributed by atoms with Crippen LogP contribution in [0.25, 0.3) is 0 Å². The van der Waals surface area contributed by atoms with Crippen LogP contribution in [0, 0.1) is 0 Å². The number of rotatable bonds is 0. The topological polar surface area (TPSA) is 52.6 Å². The molecule has 0 aromatic rings. The van der Waals surface area contributed by atoms with Crippen LogP contribution >= 0.6 is 12.3 Å². The van der Waals surface area contributed by atoms with Gasteiger partial charge in [-0.2, -0.15) is 8.42 Å². The fourth-order valence-corrected chi connectivity index (χ4v) is 0.658. The maximum atomic E-state index is 9.62. The van der Waals surface area contributed by atoms with Crippen molar-refractivity contribution in [1.29, 1.82) is 0 Å². The molecule has 1 fully saturated rings. The zero-order valence-electron chi connectivity index (χ0n) is 2.45. The van der Waals surface area contributed by atoms with Crippen LogP contribution in [0.2, 0.25) is 0 Å². The van der Waals surface area contributed by atoms with Gasteiger partial charge in [0, 0.05) is 0 Å². The second kappa shape index (κ2) is 3.09. The van der Waals surface area contributed by atoms with Gasteiger partial charge in [0.25, 0.3) is 0 Å². The third-order valence-electron chi connectivity index (χ3n) is 0.222. The molecule has 0 N–H and O–H groups in total. The summed E-state index contributed by atoms with van der Waals surface area (Å²) in [5.74, 6) is 0. The van der Waals surface area contributed by atoms with Crippen molar-refractivity contribution in [3.05, 3.63) is 0 Å². The van der Waals surface area contributed by atoms with Gasteiger partial charge in [0.05, 0.1) is 0 Å². The standard InChI is InChI=1S/Ba.O4S2.2H/c;1-6(2)3-5-4-6;;. The molecule has 1 saturated heterocycles. The predicted octanol–water partition coefficient (Wildman–Crippen LogP) is -1.07. The summed E-state index contributed by atoms with van der Waals surface area (Å²) in [6, 6.07) is 0. The molecular weight excluding hydrogens is 265 g/mol. The SMILES string of the molecule is O=S1(=O)OSO1.[BaH2]. The van der Waals surface area contributed by atoms with E-state index in [1.165, 1.54) is 0 Å². The molecule has 0 saturated carbocycles. The molecule has 0 radical (unpaired) electrons. The van der Waals surface area contributed by atoms with Crippen molar-refractivity contribution in [2.24, 2.45) is 0 Å². The first kappa shape index (κ1) is 8.79. The molecule has 0 aromatic heterocycles. The second-order valence-electron chi connectivity index (χ2n) is 0.612. The molecule has 7 heteroatoms. The Morgan fingerprint density at radius 2 is 1.57 bits per heavy atom. The zero-order chi connectivity index (χ0) is 4.62. The Hall–Kier alpha value is 1.79. The van der Waals surface area contributed by atoms with Crippen LogP contribution in [0.3, 0.4) is 0 Å². The molecule has 1 aliphatic rings.